The molecule has 1 aliphatic heterocycles. The molecule has 5 rings (SSSR count). The van der Waals surface area contributed by atoms with E-state index in [0.717, 1.165) is 12.0 Å². The summed E-state index contributed by atoms with van der Waals surface area (Å²) in [6, 6.07) is 0. The molecule has 15 atom stereocenters. The number of carbonyl (C=O) groups excluding carboxylic acids is 2. The van der Waals surface area contributed by atoms with Crippen LogP contribution < -0.4 is 0 Å². The lowest BCUT2D eigenvalue weighted by Gasteiger charge is -2.66. The first-order chi connectivity index (χ1) is 22.9. The molecule has 0 bridgehead atoms. The van der Waals surface area contributed by atoms with Gasteiger partial charge in [0, 0.05) is 24.7 Å². The van der Waals surface area contributed by atoms with Crippen LogP contribution in [0.5, 0.6) is 0 Å². The monoisotopic (exact) mass is 710 g/mol. The van der Waals surface area contributed by atoms with Crippen molar-refractivity contribution in [1.82, 2.24) is 0 Å². The second-order valence-corrected chi connectivity index (χ2v) is 18.3. The Hall–Kier alpha value is -1.48. The summed E-state index contributed by atoms with van der Waals surface area (Å²) in [5.41, 5.74) is -3.67. The molecule has 7 N–H and O–H groups in total. The molecule has 12 heteroatoms. The van der Waals surface area contributed by atoms with E-state index in [1.54, 1.807) is 13.8 Å². The SMILES string of the molecule is CC(=O)OC(C)(C)CCC(=O)[C@](C)(O)[C@H]1[C@H](O)C[C@@]2(C)[C@@H]3CC=C4[C@@H](C[C@H](O[C@@H]5O[C@H](CO)[C@@H](O)[C@H](O)[C@H]5O)[C@H](O)C4(C)C)[C@]3(C)CC[C@]12C. The van der Waals surface area contributed by atoms with E-state index >= 15 is 0 Å². The molecule has 0 unspecified atom stereocenters. The van der Waals surface area contributed by atoms with Crippen molar-refractivity contribution in [1.29, 1.82) is 0 Å². The number of rotatable bonds is 9. The number of aliphatic hydroxyl groups excluding tert-OH is 6. The molecule has 5 aliphatic rings. The van der Waals surface area contributed by atoms with E-state index in [2.05, 4.69) is 26.8 Å². The highest BCUT2D eigenvalue weighted by atomic mass is 16.7. The smallest absolute Gasteiger partial charge is 0.303 e. The molecular formula is C38H62O12. The fourth-order valence-electron chi connectivity index (χ4n) is 11.5. The largest absolute Gasteiger partial charge is 0.460 e. The van der Waals surface area contributed by atoms with Crippen LogP contribution in [-0.2, 0) is 23.8 Å². The van der Waals surface area contributed by atoms with Gasteiger partial charge in [0.2, 0.25) is 0 Å². The van der Waals surface area contributed by atoms with E-state index in [-0.39, 0.29) is 35.9 Å². The van der Waals surface area contributed by atoms with Crippen molar-refractivity contribution in [3.8, 4) is 0 Å². The summed E-state index contributed by atoms with van der Waals surface area (Å²) in [6.45, 7) is 16.2. The lowest BCUT2D eigenvalue weighted by molar-refractivity contribution is -0.324. The van der Waals surface area contributed by atoms with Crippen LogP contribution in [0.25, 0.3) is 0 Å². The number of hydrogen-bond donors (Lipinski definition) is 7. The first-order valence-corrected chi connectivity index (χ1v) is 18.4. The number of Topliss-reactive ketones (excluding diaryl/α,β-unsaturated/α-hetero) is 1. The Balaban J connectivity index is 1.42. The molecule has 0 aromatic rings. The Bertz CT molecular complexity index is 1340. The van der Waals surface area contributed by atoms with Crippen LogP contribution in [0.4, 0.5) is 0 Å². The lowest BCUT2D eigenvalue weighted by Crippen LogP contribution is -2.64. The van der Waals surface area contributed by atoms with E-state index in [1.807, 2.05) is 13.8 Å². The van der Waals surface area contributed by atoms with Crippen LogP contribution in [0.15, 0.2) is 11.6 Å². The lowest BCUT2D eigenvalue weighted by atomic mass is 9.38. The number of allylic oxidation sites excluding steroid dienone is 1. The molecule has 50 heavy (non-hydrogen) atoms. The maximum atomic E-state index is 13.8. The average molecular weight is 711 g/mol. The van der Waals surface area contributed by atoms with Crippen molar-refractivity contribution in [2.75, 3.05) is 6.61 Å². The van der Waals surface area contributed by atoms with Gasteiger partial charge in [-0.1, -0.05) is 46.3 Å². The predicted octanol–water partition coefficient (Wildman–Crippen LogP) is 2.16. The summed E-state index contributed by atoms with van der Waals surface area (Å²) >= 11 is 0. The van der Waals surface area contributed by atoms with Gasteiger partial charge in [0.1, 0.15) is 35.6 Å². The Morgan fingerprint density at radius 2 is 1.60 bits per heavy atom. The van der Waals surface area contributed by atoms with Crippen molar-refractivity contribution in [3.05, 3.63) is 11.6 Å². The number of hydrogen-bond acceptors (Lipinski definition) is 12. The number of carbonyl (C=O) groups is 2. The van der Waals surface area contributed by atoms with Gasteiger partial charge in [-0.05, 0) is 87.4 Å². The molecule has 4 fully saturated rings. The van der Waals surface area contributed by atoms with Crippen molar-refractivity contribution in [2.45, 2.75) is 167 Å². The highest BCUT2D eigenvalue weighted by molar-refractivity contribution is 5.87. The molecule has 0 spiro atoms. The molecule has 0 aromatic carbocycles. The fraction of sp³-hybridized carbons (Fsp3) is 0.895. The van der Waals surface area contributed by atoms with Crippen LogP contribution in [0.3, 0.4) is 0 Å². The minimum absolute atomic E-state index is 0.00808. The third-order valence-corrected chi connectivity index (χ3v) is 14.5. The van der Waals surface area contributed by atoms with Crippen molar-refractivity contribution in [2.24, 2.45) is 39.4 Å². The normalized spacial score (nSPS) is 46.9. The van der Waals surface area contributed by atoms with Gasteiger partial charge in [0.25, 0.3) is 0 Å². The topological polar surface area (TPSA) is 203 Å². The van der Waals surface area contributed by atoms with Crippen molar-refractivity contribution in [3.63, 3.8) is 0 Å². The Morgan fingerprint density at radius 1 is 0.960 bits per heavy atom. The minimum Gasteiger partial charge on any atom is -0.460 e. The second kappa shape index (κ2) is 13.1. The third kappa shape index (κ3) is 6.12. The standard InChI is InChI=1S/C38H62O12/c1-19(40)50-33(2,3)13-12-26(42)38(9,47)30-22(41)17-37(8)25-11-10-20-21(35(25,6)14-15-36(30,37)7)16-23(31(46)34(20,4)5)48-32-29(45)28(44)27(43)24(18-39)49-32/h10,21-25,27-32,39,41,43-47H,11-18H2,1-9H3/t21-,22-,23+,24-,25-,27-,28+,29-,30+,31+,32-,35+,36-,37+,38+/m1/s1. The molecule has 286 valence electrons. The van der Waals surface area contributed by atoms with Gasteiger partial charge >= 0.3 is 5.97 Å². The summed E-state index contributed by atoms with van der Waals surface area (Å²) in [5, 5.41) is 76.6. The zero-order valence-corrected chi connectivity index (χ0v) is 31.3. The summed E-state index contributed by atoms with van der Waals surface area (Å²) in [5.74, 6) is -1.55. The molecule has 0 aromatic heterocycles. The molecule has 1 saturated heterocycles. The average Bonchev–Trinajstić information content (AvgIpc) is 3.23. The maximum absolute atomic E-state index is 13.8. The zero-order valence-electron chi connectivity index (χ0n) is 31.3. The van der Waals surface area contributed by atoms with E-state index in [9.17, 15) is 45.3 Å². The maximum Gasteiger partial charge on any atom is 0.303 e. The number of ketones is 1. The fourth-order valence-corrected chi connectivity index (χ4v) is 11.5. The quantitative estimate of drug-likeness (QED) is 0.136. The van der Waals surface area contributed by atoms with Crippen LogP contribution in [0.2, 0.25) is 0 Å². The highest BCUT2D eigenvalue weighted by Crippen LogP contribution is 2.75. The molecule has 0 radical (unpaired) electrons. The van der Waals surface area contributed by atoms with Gasteiger partial charge < -0.3 is 50.0 Å². The highest BCUT2D eigenvalue weighted by Gasteiger charge is 2.72. The van der Waals surface area contributed by atoms with E-state index in [1.165, 1.54) is 13.8 Å². The second-order valence-electron chi connectivity index (χ2n) is 18.3. The molecule has 1 heterocycles. The third-order valence-electron chi connectivity index (χ3n) is 14.5. The zero-order chi connectivity index (χ0) is 37.6. The van der Waals surface area contributed by atoms with Gasteiger partial charge in [-0.25, -0.2) is 0 Å². The van der Waals surface area contributed by atoms with Crippen LogP contribution in [0, 0.1) is 39.4 Å². The molecule has 4 aliphatic carbocycles. The van der Waals surface area contributed by atoms with E-state index in [4.69, 9.17) is 14.2 Å². The Labute approximate surface area is 296 Å². The molecule has 3 saturated carbocycles. The molecule has 0 amide bonds. The van der Waals surface area contributed by atoms with Crippen LogP contribution in [0.1, 0.15) is 107 Å². The molecular weight excluding hydrogens is 648 g/mol. The first kappa shape index (κ1) is 39.7. The van der Waals surface area contributed by atoms with Crippen LogP contribution in [-0.4, -0.2) is 114 Å². The number of ether oxygens (including phenoxy) is 3. The van der Waals surface area contributed by atoms with Gasteiger partial charge in [0.15, 0.2) is 12.1 Å². The Morgan fingerprint density at radius 3 is 2.20 bits per heavy atom. The number of aliphatic hydroxyl groups is 7. The summed E-state index contributed by atoms with van der Waals surface area (Å²) in [6.07, 6.45) is -4.61. The van der Waals surface area contributed by atoms with Crippen molar-refractivity contribution >= 4 is 11.8 Å². The van der Waals surface area contributed by atoms with Crippen LogP contribution >= 0.6 is 0 Å². The van der Waals surface area contributed by atoms with E-state index in [0.29, 0.717) is 25.7 Å². The molecule has 12 nitrogen and oxygen atoms in total. The summed E-state index contributed by atoms with van der Waals surface area (Å²) < 4.78 is 17.3. The first-order valence-electron chi connectivity index (χ1n) is 18.4. The van der Waals surface area contributed by atoms with Gasteiger partial charge in [0.05, 0.1) is 24.9 Å². The summed E-state index contributed by atoms with van der Waals surface area (Å²) in [4.78, 5) is 25.3. The van der Waals surface area contributed by atoms with Gasteiger partial charge in [-0.3, -0.25) is 9.59 Å². The Kier molecular flexibility index (Phi) is 10.4. The summed E-state index contributed by atoms with van der Waals surface area (Å²) in [7, 11) is 0. The van der Waals surface area contributed by atoms with Crippen molar-refractivity contribution < 1.29 is 59.5 Å². The number of esters is 1. The predicted molar refractivity (Wildman–Crippen MR) is 181 cm³/mol. The van der Waals surface area contributed by atoms with E-state index < -0.39 is 95.0 Å². The van der Waals surface area contributed by atoms with Gasteiger partial charge in [-0.2, -0.15) is 0 Å². The van der Waals surface area contributed by atoms with Gasteiger partial charge in [-0.15, -0.1) is 0 Å². The minimum atomic E-state index is -1.82. The number of fused-ring (bicyclic) bond motifs is 5.